The smallest absolute Gasteiger partial charge is 0.383 e. The molecule has 1 aromatic rings. The van der Waals surface area contributed by atoms with Crippen molar-refractivity contribution < 1.29 is 49.6 Å². The van der Waals surface area contributed by atoms with E-state index in [4.69, 9.17) is 19.8 Å². The molecule has 5 N–H and O–H groups in total. The van der Waals surface area contributed by atoms with Gasteiger partial charge in [0.2, 0.25) is 11.4 Å². The Morgan fingerprint density at radius 2 is 1.80 bits per heavy atom. The van der Waals surface area contributed by atoms with Gasteiger partial charge in [0.25, 0.3) is 5.76 Å². The van der Waals surface area contributed by atoms with Crippen LogP contribution >= 0.6 is 0 Å². The average molecular weight is 356 g/mol. The standard InChI is InChI=1S/C15H16O10/c16-6-9(18)13(20)23-12-11(25-22)14(21)24-15(12,10(19)7-17)8-4-2-1-3-5-8/h1-5,9-10,16-19,22H,6-7H2/t9?,10-,15+/m0/s1. The van der Waals surface area contributed by atoms with Gasteiger partial charge in [-0.1, -0.05) is 30.3 Å². The van der Waals surface area contributed by atoms with E-state index in [1.807, 2.05) is 0 Å². The minimum atomic E-state index is -2.21. The maximum atomic E-state index is 12.0. The first-order chi connectivity index (χ1) is 11.9. The second-order valence-corrected chi connectivity index (χ2v) is 5.06. The van der Waals surface area contributed by atoms with Crippen LogP contribution in [0.3, 0.4) is 0 Å². The van der Waals surface area contributed by atoms with Crippen LogP contribution in [0.5, 0.6) is 0 Å². The third-order valence-corrected chi connectivity index (χ3v) is 3.57. The molecular weight excluding hydrogens is 340 g/mol. The molecule has 0 amide bonds. The molecule has 2 rings (SSSR count). The highest BCUT2D eigenvalue weighted by Gasteiger charge is 2.58. The number of esters is 2. The van der Waals surface area contributed by atoms with Crippen molar-refractivity contribution in [2.45, 2.75) is 17.8 Å². The first-order valence-electron chi connectivity index (χ1n) is 7.06. The summed E-state index contributed by atoms with van der Waals surface area (Å²) in [5, 5.41) is 46.8. The fraction of sp³-hybridized carbons (Fsp3) is 0.333. The summed E-state index contributed by atoms with van der Waals surface area (Å²) in [6, 6.07) is 7.48. The largest absolute Gasteiger partial charge is 0.437 e. The average Bonchev–Trinajstić information content (AvgIpc) is 2.93. The van der Waals surface area contributed by atoms with E-state index in [9.17, 15) is 24.9 Å². The number of benzene rings is 1. The Kier molecular flexibility index (Phi) is 5.72. The van der Waals surface area contributed by atoms with Crippen LogP contribution in [0.25, 0.3) is 0 Å². The third kappa shape index (κ3) is 3.21. The summed E-state index contributed by atoms with van der Waals surface area (Å²) in [6.07, 6.45) is -3.76. The molecule has 0 aliphatic carbocycles. The maximum Gasteiger partial charge on any atom is 0.383 e. The molecule has 0 saturated carbocycles. The van der Waals surface area contributed by atoms with E-state index in [-0.39, 0.29) is 5.56 Å². The van der Waals surface area contributed by atoms with Crippen molar-refractivity contribution >= 4 is 11.9 Å². The van der Waals surface area contributed by atoms with Gasteiger partial charge in [-0.15, -0.1) is 0 Å². The number of hydrogen-bond donors (Lipinski definition) is 5. The number of ether oxygens (including phenoxy) is 2. The predicted molar refractivity (Wildman–Crippen MR) is 77.2 cm³/mol. The molecule has 0 bridgehead atoms. The fourth-order valence-corrected chi connectivity index (χ4v) is 2.36. The number of carbonyl (C=O) groups is 2. The number of carbonyl (C=O) groups excluding carboxylic acids is 2. The van der Waals surface area contributed by atoms with Gasteiger partial charge < -0.3 is 34.8 Å². The van der Waals surface area contributed by atoms with Crippen LogP contribution in [0, 0.1) is 0 Å². The molecule has 3 atom stereocenters. The molecule has 1 aromatic carbocycles. The Labute approximate surface area is 141 Å². The topological polar surface area (TPSA) is 163 Å². The lowest BCUT2D eigenvalue weighted by Crippen LogP contribution is -2.46. The zero-order valence-electron chi connectivity index (χ0n) is 12.7. The zero-order chi connectivity index (χ0) is 18.6. The number of cyclic esters (lactones) is 1. The van der Waals surface area contributed by atoms with Crippen LogP contribution < -0.4 is 0 Å². The second kappa shape index (κ2) is 7.59. The zero-order valence-corrected chi connectivity index (χ0v) is 12.7. The molecular formula is C15H16O10. The number of aliphatic hydroxyl groups excluding tert-OH is 4. The van der Waals surface area contributed by atoms with E-state index in [2.05, 4.69) is 4.89 Å². The van der Waals surface area contributed by atoms with Crippen molar-refractivity contribution in [2.24, 2.45) is 0 Å². The Balaban J connectivity index is 2.62. The van der Waals surface area contributed by atoms with Crippen molar-refractivity contribution in [2.75, 3.05) is 13.2 Å². The highest BCUT2D eigenvalue weighted by molar-refractivity contribution is 5.92. The van der Waals surface area contributed by atoms with Gasteiger partial charge in [-0.2, -0.15) is 0 Å². The minimum absolute atomic E-state index is 0.0956. The SMILES string of the molecule is O=C1O[C@](c2ccccc2)([C@@H](O)CO)C(OC(=O)C(O)CO)=C1OO. The predicted octanol–water partition coefficient (Wildman–Crippen LogP) is -1.61. The molecule has 1 aliphatic rings. The summed E-state index contributed by atoms with van der Waals surface area (Å²) >= 11 is 0. The van der Waals surface area contributed by atoms with Gasteiger partial charge >= 0.3 is 11.9 Å². The minimum Gasteiger partial charge on any atom is -0.437 e. The molecule has 25 heavy (non-hydrogen) atoms. The second-order valence-electron chi connectivity index (χ2n) is 5.06. The molecule has 0 fully saturated rings. The summed E-state index contributed by atoms with van der Waals surface area (Å²) in [4.78, 5) is 27.7. The van der Waals surface area contributed by atoms with Gasteiger partial charge in [-0.3, -0.25) is 0 Å². The normalized spacial score (nSPS) is 22.4. The first-order valence-corrected chi connectivity index (χ1v) is 7.06. The molecule has 1 aliphatic heterocycles. The number of rotatable bonds is 7. The van der Waals surface area contributed by atoms with Crippen LogP contribution in [0.1, 0.15) is 5.56 Å². The lowest BCUT2D eigenvalue weighted by atomic mass is 9.86. The van der Waals surface area contributed by atoms with Crippen molar-refractivity contribution in [1.29, 1.82) is 0 Å². The highest BCUT2D eigenvalue weighted by Crippen LogP contribution is 2.45. The van der Waals surface area contributed by atoms with Gasteiger partial charge in [-0.25, -0.2) is 14.8 Å². The van der Waals surface area contributed by atoms with E-state index >= 15 is 0 Å². The van der Waals surface area contributed by atoms with Gasteiger partial charge in [0.05, 0.1) is 13.2 Å². The van der Waals surface area contributed by atoms with E-state index < -0.39 is 54.5 Å². The van der Waals surface area contributed by atoms with Gasteiger partial charge in [0.15, 0.2) is 6.10 Å². The monoisotopic (exact) mass is 356 g/mol. The van der Waals surface area contributed by atoms with Crippen molar-refractivity contribution in [3.63, 3.8) is 0 Å². The fourth-order valence-electron chi connectivity index (χ4n) is 2.36. The Morgan fingerprint density at radius 3 is 2.32 bits per heavy atom. The molecule has 0 radical (unpaired) electrons. The summed E-state index contributed by atoms with van der Waals surface area (Å²) in [6.45, 7) is -1.89. The molecule has 1 heterocycles. The summed E-state index contributed by atoms with van der Waals surface area (Å²) in [5.41, 5.74) is -2.12. The first kappa shape index (κ1) is 18.8. The highest BCUT2D eigenvalue weighted by atomic mass is 17.1. The third-order valence-electron chi connectivity index (χ3n) is 3.57. The lowest BCUT2D eigenvalue weighted by Gasteiger charge is -2.33. The van der Waals surface area contributed by atoms with Gasteiger partial charge in [0.1, 0.15) is 6.10 Å². The van der Waals surface area contributed by atoms with E-state index in [1.165, 1.54) is 24.3 Å². The maximum absolute atomic E-state index is 12.0. The molecule has 10 nitrogen and oxygen atoms in total. The molecule has 136 valence electrons. The van der Waals surface area contributed by atoms with E-state index in [0.717, 1.165) is 0 Å². The summed E-state index contributed by atoms with van der Waals surface area (Å²) in [5.74, 6) is -4.39. The van der Waals surface area contributed by atoms with Crippen LogP contribution in [-0.2, 0) is 29.6 Å². The Morgan fingerprint density at radius 1 is 1.16 bits per heavy atom. The van der Waals surface area contributed by atoms with Gasteiger partial charge in [-0.05, 0) is 0 Å². The van der Waals surface area contributed by atoms with Crippen LogP contribution in [-0.4, -0.2) is 63.0 Å². The van der Waals surface area contributed by atoms with Crippen molar-refractivity contribution in [1.82, 2.24) is 0 Å². The van der Waals surface area contributed by atoms with Crippen molar-refractivity contribution in [3.05, 3.63) is 47.4 Å². The Hall–Kier alpha value is -2.50. The molecule has 0 spiro atoms. The van der Waals surface area contributed by atoms with Crippen LogP contribution in [0.2, 0.25) is 0 Å². The summed E-state index contributed by atoms with van der Waals surface area (Å²) in [7, 11) is 0. The molecule has 0 aromatic heterocycles. The quantitative estimate of drug-likeness (QED) is 0.218. The molecule has 10 heteroatoms. The van der Waals surface area contributed by atoms with Crippen molar-refractivity contribution in [3.8, 4) is 0 Å². The number of hydrogen-bond acceptors (Lipinski definition) is 10. The number of aliphatic hydroxyl groups is 4. The molecule has 0 saturated heterocycles. The van der Waals surface area contributed by atoms with E-state index in [1.54, 1.807) is 6.07 Å². The van der Waals surface area contributed by atoms with Gasteiger partial charge in [0, 0.05) is 5.56 Å². The van der Waals surface area contributed by atoms with Crippen LogP contribution in [0.4, 0.5) is 0 Å². The van der Waals surface area contributed by atoms with Crippen LogP contribution in [0.15, 0.2) is 41.9 Å². The summed E-state index contributed by atoms with van der Waals surface area (Å²) < 4.78 is 9.95. The lowest BCUT2D eigenvalue weighted by molar-refractivity contribution is -0.211. The molecule has 1 unspecified atom stereocenters. The van der Waals surface area contributed by atoms with E-state index in [0.29, 0.717) is 0 Å². The Bertz CT molecular complexity index is 670.